The second kappa shape index (κ2) is 3.86. The standard InChI is InChI=1S/C17H10N2O/c18-19-14-9-15(20)13-7-3-5-11-8-10-4-1-2-6-12(10)17(14)16(11)13/h1-8H,9H2. The van der Waals surface area contributed by atoms with Crippen molar-refractivity contribution in [3.8, 4) is 0 Å². The summed E-state index contributed by atoms with van der Waals surface area (Å²) in [4.78, 5) is 15.6. The quantitative estimate of drug-likeness (QED) is 0.345. The molecule has 0 radical (unpaired) electrons. The van der Waals surface area contributed by atoms with E-state index in [1.807, 2.05) is 42.5 Å². The van der Waals surface area contributed by atoms with Gasteiger partial charge in [-0.25, -0.2) is 0 Å². The number of fused-ring (bicyclic) bond motifs is 2. The molecule has 0 fully saturated rings. The second-order valence-corrected chi connectivity index (χ2v) is 5.02. The maximum absolute atomic E-state index is 12.2. The molecule has 0 saturated carbocycles. The molecular weight excluding hydrogens is 248 g/mol. The zero-order chi connectivity index (χ0) is 13.7. The number of hydrogen-bond donors (Lipinski definition) is 0. The lowest BCUT2D eigenvalue weighted by Crippen LogP contribution is -2.18. The van der Waals surface area contributed by atoms with Crippen molar-refractivity contribution in [2.24, 2.45) is 0 Å². The molecule has 0 amide bonds. The van der Waals surface area contributed by atoms with Crippen molar-refractivity contribution >= 4 is 33.0 Å². The zero-order valence-electron chi connectivity index (χ0n) is 10.6. The van der Waals surface area contributed by atoms with Gasteiger partial charge in [0.1, 0.15) is 6.42 Å². The predicted octanol–water partition coefficient (Wildman–Crippen LogP) is 3.60. The Labute approximate surface area is 115 Å². The summed E-state index contributed by atoms with van der Waals surface area (Å²) in [5, 5.41) is 4.01. The van der Waals surface area contributed by atoms with Gasteiger partial charge in [-0.2, -0.15) is 4.79 Å². The van der Waals surface area contributed by atoms with Gasteiger partial charge in [-0.3, -0.25) is 4.79 Å². The summed E-state index contributed by atoms with van der Waals surface area (Å²) in [5.74, 6) is 0.00572. The third-order valence-electron chi connectivity index (χ3n) is 3.93. The SMILES string of the molecule is [N-]=[N+]=C1CC(=O)c2cccc3cc4ccccc4c1c23. The van der Waals surface area contributed by atoms with E-state index in [-0.39, 0.29) is 12.2 Å². The first-order valence-electron chi connectivity index (χ1n) is 6.48. The molecule has 0 heterocycles. The maximum Gasteiger partial charge on any atom is 0.308 e. The molecule has 1 aliphatic rings. The summed E-state index contributed by atoms with van der Waals surface area (Å²) in [6, 6.07) is 15.8. The van der Waals surface area contributed by atoms with Crippen molar-refractivity contribution in [1.82, 2.24) is 0 Å². The van der Waals surface area contributed by atoms with Crippen molar-refractivity contribution in [2.45, 2.75) is 6.42 Å². The van der Waals surface area contributed by atoms with Gasteiger partial charge in [0.25, 0.3) is 0 Å². The Morgan fingerprint density at radius 1 is 1.00 bits per heavy atom. The van der Waals surface area contributed by atoms with Gasteiger partial charge < -0.3 is 5.53 Å². The van der Waals surface area contributed by atoms with Crippen LogP contribution in [-0.2, 0) is 0 Å². The summed E-state index contributed by atoms with van der Waals surface area (Å²) in [7, 11) is 0. The van der Waals surface area contributed by atoms with Crippen LogP contribution in [0.25, 0.3) is 27.1 Å². The monoisotopic (exact) mass is 258 g/mol. The van der Waals surface area contributed by atoms with Crippen molar-refractivity contribution in [2.75, 3.05) is 0 Å². The number of carbonyl (C=O) groups excluding carboxylic acids is 1. The molecule has 0 aromatic heterocycles. The molecule has 94 valence electrons. The van der Waals surface area contributed by atoms with Crippen LogP contribution < -0.4 is 0 Å². The van der Waals surface area contributed by atoms with E-state index in [4.69, 9.17) is 0 Å². The van der Waals surface area contributed by atoms with E-state index in [2.05, 4.69) is 10.9 Å². The van der Waals surface area contributed by atoms with E-state index in [1.165, 1.54) is 0 Å². The molecule has 3 nitrogen and oxygen atoms in total. The highest BCUT2D eigenvalue weighted by molar-refractivity contribution is 6.32. The third kappa shape index (κ3) is 1.33. The Morgan fingerprint density at radius 2 is 1.80 bits per heavy atom. The number of carbonyl (C=O) groups is 1. The van der Waals surface area contributed by atoms with Crippen LogP contribution in [-0.4, -0.2) is 16.3 Å². The van der Waals surface area contributed by atoms with E-state index in [9.17, 15) is 10.3 Å². The van der Waals surface area contributed by atoms with Crippen LogP contribution in [0.15, 0.2) is 48.5 Å². The Balaban J connectivity index is 2.37. The van der Waals surface area contributed by atoms with Gasteiger partial charge in [-0.15, -0.1) is 0 Å². The average Bonchev–Trinajstić information content (AvgIpc) is 2.49. The number of nitrogens with zero attached hydrogens (tertiary/aromatic N) is 2. The first-order valence-corrected chi connectivity index (χ1v) is 6.48. The molecule has 1 aliphatic carbocycles. The van der Waals surface area contributed by atoms with E-state index in [0.29, 0.717) is 5.71 Å². The second-order valence-electron chi connectivity index (χ2n) is 5.02. The molecule has 0 atom stereocenters. The van der Waals surface area contributed by atoms with Crippen molar-refractivity contribution in [1.29, 1.82) is 0 Å². The molecule has 0 unspecified atom stereocenters. The molecule has 3 aromatic rings. The Morgan fingerprint density at radius 3 is 2.65 bits per heavy atom. The lowest BCUT2D eigenvalue weighted by atomic mass is 9.83. The van der Waals surface area contributed by atoms with E-state index in [0.717, 1.165) is 32.7 Å². The fraction of sp³-hybridized carbons (Fsp3) is 0.0588. The van der Waals surface area contributed by atoms with Crippen molar-refractivity contribution in [3.05, 3.63) is 65.2 Å². The zero-order valence-corrected chi connectivity index (χ0v) is 10.6. The molecule has 0 aliphatic heterocycles. The van der Waals surface area contributed by atoms with Crippen LogP contribution in [0.3, 0.4) is 0 Å². The molecule has 4 rings (SSSR count). The van der Waals surface area contributed by atoms with Crippen LogP contribution in [0.2, 0.25) is 0 Å². The first-order chi connectivity index (χ1) is 9.79. The molecule has 3 aromatic carbocycles. The number of benzene rings is 3. The van der Waals surface area contributed by atoms with Gasteiger partial charge in [0, 0.05) is 10.9 Å². The summed E-state index contributed by atoms with van der Waals surface area (Å²) in [6.45, 7) is 0. The van der Waals surface area contributed by atoms with Crippen molar-refractivity contribution in [3.63, 3.8) is 0 Å². The molecular formula is C17H10N2O. The van der Waals surface area contributed by atoms with E-state index < -0.39 is 0 Å². The van der Waals surface area contributed by atoms with Crippen molar-refractivity contribution < 1.29 is 9.58 Å². The number of ketones is 1. The smallest absolute Gasteiger partial charge is 0.308 e. The summed E-state index contributed by atoms with van der Waals surface area (Å²) in [6.07, 6.45) is 0.149. The van der Waals surface area contributed by atoms with E-state index >= 15 is 0 Å². The third-order valence-corrected chi connectivity index (χ3v) is 3.93. The number of hydrogen-bond acceptors (Lipinski definition) is 1. The molecule has 20 heavy (non-hydrogen) atoms. The normalized spacial score (nSPS) is 13.8. The van der Waals surface area contributed by atoms with Gasteiger partial charge in [0.05, 0.1) is 5.56 Å². The maximum atomic E-state index is 12.2. The van der Waals surface area contributed by atoms with Crippen LogP contribution in [0.4, 0.5) is 0 Å². The minimum Gasteiger partial charge on any atom is -0.361 e. The molecule has 0 saturated heterocycles. The summed E-state index contributed by atoms with van der Waals surface area (Å²) >= 11 is 0. The highest BCUT2D eigenvalue weighted by Crippen LogP contribution is 2.35. The Bertz CT molecular complexity index is 950. The predicted molar refractivity (Wildman–Crippen MR) is 78.1 cm³/mol. The fourth-order valence-electron chi connectivity index (χ4n) is 3.08. The lowest BCUT2D eigenvalue weighted by Gasteiger charge is -2.15. The highest BCUT2D eigenvalue weighted by Gasteiger charge is 2.30. The van der Waals surface area contributed by atoms with Gasteiger partial charge in [0.2, 0.25) is 0 Å². The van der Waals surface area contributed by atoms with Crippen LogP contribution in [0, 0.1) is 0 Å². The lowest BCUT2D eigenvalue weighted by molar-refractivity contribution is -0.00632. The van der Waals surface area contributed by atoms with Gasteiger partial charge in [0.15, 0.2) is 5.78 Å². The number of Topliss-reactive ketones (excluding diaryl/α,β-unsaturated/α-hetero) is 1. The van der Waals surface area contributed by atoms with Crippen LogP contribution >= 0.6 is 0 Å². The molecule has 3 heteroatoms. The Hall–Kier alpha value is -2.77. The Kier molecular flexibility index (Phi) is 2.14. The van der Waals surface area contributed by atoms with Crippen LogP contribution in [0.1, 0.15) is 22.3 Å². The number of rotatable bonds is 0. The van der Waals surface area contributed by atoms with Crippen LogP contribution in [0.5, 0.6) is 0 Å². The largest absolute Gasteiger partial charge is 0.361 e. The highest BCUT2D eigenvalue weighted by atomic mass is 16.1. The average molecular weight is 258 g/mol. The molecule has 0 spiro atoms. The molecule has 0 N–H and O–H groups in total. The first kappa shape index (κ1) is 11.1. The minimum atomic E-state index is 0.00572. The van der Waals surface area contributed by atoms with Gasteiger partial charge >= 0.3 is 5.71 Å². The minimum absolute atomic E-state index is 0.00572. The van der Waals surface area contributed by atoms with Gasteiger partial charge in [-0.05, 0) is 22.2 Å². The topological polar surface area (TPSA) is 53.5 Å². The summed E-state index contributed by atoms with van der Waals surface area (Å²) in [5.41, 5.74) is 11.3. The van der Waals surface area contributed by atoms with E-state index in [1.54, 1.807) is 0 Å². The fourth-order valence-corrected chi connectivity index (χ4v) is 3.08. The molecule has 0 bridgehead atoms. The van der Waals surface area contributed by atoms with Gasteiger partial charge in [-0.1, -0.05) is 42.5 Å². The summed E-state index contributed by atoms with van der Waals surface area (Å²) < 4.78 is 0.